The minimum atomic E-state index is -1.26. The van der Waals surface area contributed by atoms with Gasteiger partial charge in [0.2, 0.25) is 0 Å². The maximum absolute atomic E-state index is 13.8. The number of fused-ring (bicyclic) bond motifs is 1. The van der Waals surface area contributed by atoms with Crippen molar-refractivity contribution >= 4 is 68.3 Å². The molecule has 2 aliphatic rings. The van der Waals surface area contributed by atoms with Crippen molar-refractivity contribution in [2.45, 2.75) is 51.6 Å². The second-order valence-corrected chi connectivity index (χ2v) is 13.8. The minimum absolute atomic E-state index is 0.233. The normalized spacial score (nSPS) is 20.2. The lowest BCUT2D eigenvalue weighted by Crippen LogP contribution is -2.49. The fourth-order valence-corrected chi connectivity index (χ4v) is 6.09. The van der Waals surface area contributed by atoms with Crippen LogP contribution in [0, 0.1) is 5.41 Å². The summed E-state index contributed by atoms with van der Waals surface area (Å²) in [6, 6.07) is 17.7. The fourth-order valence-electron chi connectivity index (χ4n) is 5.35. The number of anilines is 2. The van der Waals surface area contributed by atoms with Crippen LogP contribution < -0.4 is 16.0 Å². The highest BCUT2D eigenvalue weighted by atomic mass is 79.9. The summed E-state index contributed by atoms with van der Waals surface area (Å²) in [4.78, 5) is 45.6. The molecule has 1 unspecified atom stereocenters. The standard InChI is InChI=1S/C32H33BrCl2N4O4/c1-31(2,3)30(42)43-39-13-5-8-23(18-39)36-28(40)24-11-9-20(33)15-26(24)38-32(17-19-6-4-7-21(34)14-19)25-12-10-22(35)16-27(25)37-29(32)41/h4,6-7,9-12,14-16,23,38H,5,8,13,17-18H2,1-3H3,(H,36,40)(H,37,41)/t23-,32?/m0/s1. The number of hydrogen-bond donors (Lipinski definition) is 3. The lowest BCUT2D eigenvalue weighted by Gasteiger charge is -2.34. The topological polar surface area (TPSA) is 99.8 Å². The van der Waals surface area contributed by atoms with Gasteiger partial charge in [-0.3, -0.25) is 9.59 Å². The molecule has 2 aliphatic heterocycles. The fraction of sp³-hybridized carbons (Fsp3) is 0.344. The molecule has 8 nitrogen and oxygen atoms in total. The van der Waals surface area contributed by atoms with Crippen LogP contribution in [0.2, 0.25) is 10.0 Å². The van der Waals surface area contributed by atoms with Crippen LogP contribution in [0.25, 0.3) is 0 Å². The number of halogens is 3. The summed E-state index contributed by atoms with van der Waals surface area (Å²) in [6.07, 6.45) is 1.76. The Bertz CT molecular complexity index is 1580. The molecule has 11 heteroatoms. The third kappa shape index (κ3) is 7.01. The van der Waals surface area contributed by atoms with Crippen LogP contribution in [0.1, 0.15) is 55.1 Å². The number of hydrogen-bond acceptors (Lipinski definition) is 6. The summed E-state index contributed by atoms with van der Waals surface area (Å²) in [6.45, 7) is 6.39. The molecule has 0 aromatic heterocycles. The average Bonchev–Trinajstić information content (AvgIpc) is 3.17. The molecule has 3 aromatic rings. The summed E-state index contributed by atoms with van der Waals surface area (Å²) >= 11 is 16.1. The molecular weight excluding hydrogens is 655 g/mol. The monoisotopic (exact) mass is 686 g/mol. The van der Waals surface area contributed by atoms with Crippen molar-refractivity contribution in [1.82, 2.24) is 10.4 Å². The quantitative estimate of drug-likeness (QED) is 0.249. The molecule has 5 rings (SSSR count). The lowest BCUT2D eigenvalue weighted by atomic mass is 9.84. The first kappa shape index (κ1) is 31.3. The highest BCUT2D eigenvalue weighted by molar-refractivity contribution is 9.10. The molecule has 0 bridgehead atoms. The summed E-state index contributed by atoms with van der Waals surface area (Å²) in [5, 5.41) is 12.2. The Labute approximate surface area is 269 Å². The largest absolute Gasteiger partial charge is 0.367 e. The van der Waals surface area contributed by atoms with Gasteiger partial charge in [-0.05, 0) is 81.6 Å². The van der Waals surface area contributed by atoms with Crippen LogP contribution in [0.3, 0.4) is 0 Å². The third-order valence-electron chi connectivity index (χ3n) is 7.55. The van der Waals surface area contributed by atoms with Crippen LogP contribution in [0.5, 0.6) is 0 Å². The second kappa shape index (κ2) is 12.5. The SMILES string of the molecule is CC(C)(C)C(=O)ON1CCC[C@H](NC(=O)c2ccc(Br)cc2NC2(Cc3cccc(Cl)c3)C(=O)Nc3cc(Cl)ccc32)C1. The molecular formula is C32H33BrCl2N4O4. The Morgan fingerprint density at radius 1 is 1.09 bits per heavy atom. The number of hydroxylamine groups is 2. The number of nitrogens with zero attached hydrogens (tertiary/aromatic N) is 1. The molecule has 0 saturated carbocycles. The van der Waals surface area contributed by atoms with E-state index in [1.807, 2.05) is 24.3 Å². The molecule has 0 aliphatic carbocycles. The first-order valence-corrected chi connectivity index (χ1v) is 15.6. The summed E-state index contributed by atoms with van der Waals surface area (Å²) in [7, 11) is 0. The Morgan fingerprint density at radius 2 is 1.86 bits per heavy atom. The molecule has 2 atom stereocenters. The number of benzene rings is 3. The van der Waals surface area contributed by atoms with Crippen molar-refractivity contribution in [1.29, 1.82) is 0 Å². The van der Waals surface area contributed by atoms with Gasteiger partial charge in [-0.15, -0.1) is 5.06 Å². The lowest BCUT2D eigenvalue weighted by molar-refractivity contribution is -0.205. The van der Waals surface area contributed by atoms with Gasteiger partial charge in [0.15, 0.2) is 0 Å². The van der Waals surface area contributed by atoms with Crippen LogP contribution in [0.4, 0.5) is 11.4 Å². The van der Waals surface area contributed by atoms with E-state index in [4.69, 9.17) is 28.0 Å². The molecule has 3 N–H and O–H groups in total. The zero-order chi connectivity index (χ0) is 30.9. The number of carbonyl (C=O) groups is 3. The van der Waals surface area contributed by atoms with Gasteiger partial charge in [-0.25, -0.2) is 4.79 Å². The van der Waals surface area contributed by atoms with Gasteiger partial charge in [0, 0.05) is 50.5 Å². The summed E-state index contributed by atoms with van der Waals surface area (Å²) in [5.41, 5.74) is 1.09. The van der Waals surface area contributed by atoms with E-state index >= 15 is 0 Å². The smallest absolute Gasteiger partial charge is 0.330 e. The maximum Gasteiger partial charge on any atom is 0.330 e. The molecule has 0 radical (unpaired) electrons. The molecule has 0 spiro atoms. The molecule has 43 heavy (non-hydrogen) atoms. The van der Waals surface area contributed by atoms with Crippen molar-refractivity contribution in [3.05, 3.63) is 91.9 Å². The van der Waals surface area contributed by atoms with E-state index in [2.05, 4.69) is 31.9 Å². The van der Waals surface area contributed by atoms with Gasteiger partial charge in [0.25, 0.3) is 11.8 Å². The van der Waals surface area contributed by atoms with E-state index in [9.17, 15) is 14.4 Å². The molecule has 226 valence electrons. The minimum Gasteiger partial charge on any atom is -0.367 e. The number of rotatable bonds is 7. The van der Waals surface area contributed by atoms with Crippen molar-refractivity contribution < 1.29 is 19.2 Å². The van der Waals surface area contributed by atoms with Crippen molar-refractivity contribution in [2.75, 3.05) is 23.7 Å². The zero-order valence-corrected chi connectivity index (χ0v) is 27.2. The molecule has 2 amide bonds. The highest BCUT2D eigenvalue weighted by Crippen LogP contribution is 2.43. The Balaban J connectivity index is 1.44. The first-order chi connectivity index (χ1) is 20.3. The maximum atomic E-state index is 13.8. The molecule has 2 heterocycles. The van der Waals surface area contributed by atoms with Gasteiger partial charge < -0.3 is 20.8 Å². The Morgan fingerprint density at radius 3 is 2.60 bits per heavy atom. The van der Waals surface area contributed by atoms with Crippen LogP contribution in [-0.2, 0) is 26.4 Å². The van der Waals surface area contributed by atoms with Gasteiger partial charge in [-0.2, -0.15) is 0 Å². The van der Waals surface area contributed by atoms with Gasteiger partial charge >= 0.3 is 5.97 Å². The van der Waals surface area contributed by atoms with Crippen molar-refractivity contribution in [3.63, 3.8) is 0 Å². The van der Waals surface area contributed by atoms with E-state index in [1.165, 1.54) is 0 Å². The Hall–Kier alpha value is -3.11. The molecule has 3 aromatic carbocycles. The highest BCUT2D eigenvalue weighted by Gasteiger charge is 2.47. The van der Waals surface area contributed by atoms with Crippen LogP contribution in [0.15, 0.2) is 65.1 Å². The van der Waals surface area contributed by atoms with E-state index < -0.39 is 11.0 Å². The van der Waals surface area contributed by atoms with Gasteiger partial charge in [0.05, 0.1) is 17.5 Å². The number of piperidine rings is 1. The first-order valence-electron chi connectivity index (χ1n) is 14.1. The van der Waals surface area contributed by atoms with E-state index in [0.717, 1.165) is 22.9 Å². The molecule has 1 fully saturated rings. The van der Waals surface area contributed by atoms with E-state index in [1.54, 1.807) is 62.2 Å². The predicted molar refractivity (Wildman–Crippen MR) is 172 cm³/mol. The summed E-state index contributed by atoms with van der Waals surface area (Å²) in [5.74, 6) is -0.906. The number of amides is 2. The number of carbonyl (C=O) groups excluding carboxylic acids is 3. The Kier molecular flexibility index (Phi) is 9.09. The van der Waals surface area contributed by atoms with E-state index in [-0.39, 0.29) is 30.2 Å². The van der Waals surface area contributed by atoms with E-state index in [0.29, 0.717) is 45.6 Å². The second-order valence-electron chi connectivity index (χ2n) is 12.0. The zero-order valence-electron chi connectivity index (χ0n) is 24.1. The van der Waals surface area contributed by atoms with Gasteiger partial charge in [0.1, 0.15) is 5.54 Å². The third-order valence-corrected chi connectivity index (χ3v) is 8.52. The predicted octanol–water partition coefficient (Wildman–Crippen LogP) is 6.96. The molecule has 1 saturated heterocycles. The number of nitrogens with one attached hydrogen (secondary N) is 3. The van der Waals surface area contributed by atoms with Crippen molar-refractivity contribution in [3.8, 4) is 0 Å². The summed E-state index contributed by atoms with van der Waals surface area (Å²) < 4.78 is 0.733. The van der Waals surface area contributed by atoms with Gasteiger partial charge in [-0.1, -0.05) is 57.3 Å². The van der Waals surface area contributed by atoms with Crippen LogP contribution in [-0.4, -0.2) is 42.0 Å². The average molecular weight is 688 g/mol. The van der Waals surface area contributed by atoms with Crippen LogP contribution >= 0.6 is 39.1 Å². The van der Waals surface area contributed by atoms with Crippen molar-refractivity contribution in [2.24, 2.45) is 5.41 Å².